The Morgan fingerprint density at radius 1 is 1.35 bits per heavy atom. The Balaban J connectivity index is 2.44. The minimum Gasteiger partial charge on any atom is -0.507 e. The lowest BCUT2D eigenvalue weighted by molar-refractivity contribution is -0.121. The normalized spacial score (nSPS) is 11.8. The van der Waals surface area contributed by atoms with E-state index in [1.807, 2.05) is 20.8 Å². The molecule has 5 heteroatoms. The average Bonchev–Trinajstić information content (AvgIpc) is 2.41. The van der Waals surface area contributed by atoms with Crippen molar-refractivity contribution >= 4 is 11.8 Å². The summed E-state index contributed by atoms with van der Waals surface area (Å²) >= 11 is 0. The molecule has 1 aromatic carbocycles. The summed E-state index contributed by atoms with van der Waals surface area (Å²) in [6.45, 7) is 6.01. The second-order valence-corrected chi connectivity index (χ2v) is 4.90. The van der Waals surface area contributed by atoms with Gasteiger partial charge < -0.3 is 15.7 Å². The molecule has 0 heterocycles. The van der Waals surface area contributed by atoms with Crippen LogP contribution in [0.4, 0.5) is 0 Å². The molecule has 3 N–H and O–H groups in total. The summed E-state index contributed by atoms with van der Waals surface area (Å²) in [7, 11) is 0. The van der Waals surface area contributed by atoms with Crippen LogP contribution in [0.2, 0.25) is 0 Å². The average molecular weight is 278 g/mol. The standard InChI is InChI=1S/C15H22N2O3/c1-4-11(3)17-14(19)7-8-16-15(20)12-9-10(2)5-6-13(12)18/h5-6,9,11,18H,4,7-8H2,1-3H3,(H,16,20)(H,17,19). The summed E-state index contributed by atoms with van der Waals surface area (Å²) in [5, 5.41) is 15.1. The van der Waals surface area contributed by atoms with Gasteiger partial charge in [-0.3, -0.25) is 9.59 Å². The first-order valence-electron chi connectivity index (χ1n) is 6.81. The van der Waals surface area contributed by atoms with Crippen LogP contribution in [0.15, 0.2) is 18.2 Å². The molecule has 0 saturated carbocycles. The number of amides is 2. The molecule has 0 saturated heterocycles. The highest BCUT2D eigenvalue weighted by Gasteiger charge is 2.11. The van der Waals surface area contributed by atoms with E-state index in [1.165, 1.54) is 6.07 Å². The fourth-order valence-corrected chi connectivity index (χ4v) is 1.67. The second-order valence-electron chi connectivity index (χ2n) is 4.90. The van der Waals surface area contributed by atoms with Gasteiger partial charge in [-0.15, -0.1) is 0 Å². The minimum absolute atomic E-state index is 0.0582. The molecule has 2 amide bonds. The van der Waals surface area contributed by atoms with Crippen molar-refractivity contribution < 1.29 is 14.7 Å². The highest BCUT2D eigenvalue weighted by atomic mass is 16.3. The third-order valence-electron chi connectivity index (χ3n) is 3.05. The molecular weight excluding hydrogens is 256 g/mol. The Bertz CT molecular complexity index is 486. The predicted octanol–water partition coefficient (Wildman–Crippen LogP) is 1.74. The number of aryl methyl sites for hydroxylation is 1. The fourth-order valence-electron chi connectivity index (χ4n) is 1.67. The lowest BCUT2D eigenvalue weighted by Crippen LogP contribution is -2.35. The maximum atomic E-state index is 11.9. The van der Waals surface area contributed by atoms with E-state index in [9.17, 15) is 14.7 Å². The van der Waals surface area contributed by atoms with Crippen molar-refractivity contribution in [1.29, 1.82) is 0 Å². The molecule has 5 nitrogen and oxygen atoms in total. The number of benzene rings is 1. The summed E-state index contributed by atoms with van der Waals surface area (Å²) in [6.07, 6.45) is 1.10. The van der Waals surface area contributed by atoms with E-state index in [0.717, 1.165) is 12.0 Å². The van der Waals surface area contributed by atoms with Crippen molar-refractivity contribution in [2.75, 3.05) is 6.54 Å². The smallest absolute Gasteiger partial charge is 0.255 e. The van der Waals surface area contributed by atoms with Crippen molar-refractivity contribution in [2.45, 2.75) is 39.7 Å². The molecule has 20 heavy (non-hydrogen) atoms. The van der Waals surface area contributed by atoms with Gasteiger partial charge in [0, 0.05) is 19.0 Å². The fraction of sp³-hybridized carbons (Fsp3) is 0.467. The van der Waals surface area contributed by atoms with Gasteiger partial charge in [-0.2, -0.15) is 0 Å². The van der Waals surface area contributed by atoms with E-state index in [4.69, 9.17) is 0 Å². The Labute approximate surface area is 119 Å². The monoisotopic (exact) mass is 278 g/mol. The predicted molar refractivity (Wildman–Crippen MR) is 77.7 cm³/mol. The zero-order valence-corrected chi connectivity index (χ0v) is 12.2. The largest absolute Gasteiger partial charge is 0.507 e. The molecule has 0 aromatic heterocycles. The van der Waals surface area contributed by atoms with Crippen LogP contribution in [0.25, 0.3) is 0 Å². The highest BCUT2D eigenvalue weighted by Crippen LogP contribution is 2.17. The zero-order chi connectivity index (χ0) is 15.1. The van der Waals surface area contributed by atoms with Crippen LogP contribution in [0.5, 0.6) is 5.75 Å². The highest BCUT2D eigenvalue weighted by molar-refractivity contribution is 5.97. The van der Waals surface area contributed by atoms with Crippen LogP contribution < -0.4 is 10.6 Å². The van der Waals surface area contributed by atoms with E-state index >= 15 is 0 Å². The first-order chi connectivity index (χ1) is 9.43. The SMILES string of the molecule is CCC(C)NC(=O)CCNC(=O)c1cc(C)ccc1O. The number of nitrogens with one attached hydrogen (secondary N) is 2. The molecule has 110 valence electrons. The van der Waals surface area contributed by atoms with Crippen LogP contribution in [-0.2, 0) is 4.79 Å². The molecule has 0 spiro atoms. The summed E-state index contributed by atoms with van der Waals surface area (Å²) in [5.74, 6) is -0.521. The van der Waals surface area contributed by atoms with E-state index < -0.39 is 0 Å². The van der Waals surface area contributed by atoms with Gasteiger partial charge in [0.05, 0.1) is 5.56 Å². The molecule has 1 atom stereocenters. The molecule has 0 fully saturated rings. The summed E-state index contributed by atoms with van der Waals surface area (Å²) < 4.78 is 0. The third kappa shape index (κ3) is 4.91. The number of hydrogen-bond donors (Lipinski definition) is 3. The van der Waals surface area contributed by atoms with Crippen LogP contribution in [0.3, 0.4) is 0 Å². The van der Waals surface area contributed by atoms with Gasteiger partial charge in [-0.05, 0) is 32.4 Å². The van der Waals surface area contributed by atoms with E-state index in [2.05, 4.69) is 10.6 Å². The number of carbonyl (C=O) groups excluding carboxylic acids is 2. The number of aromatic hydroxyl groups is 1. The van der Waals surface area contributed by atoms with Gasteiger partial charge in [-0.1, -0.05) is 18.6 Å². The number of hydrogen-bond acceptors (Lipinski definition) is 3. The molecule has 0 radical (unpaired) electrons. The second kappa shape index (κ2) is 7.53. The lowest BCUT2D eigenvalue weighted by Gasteiger charge is -2.12. The molecule has 0 bridgehead atoms. The first kappa shape index (κ1) is 16.0. The molecular formula is C15H22N2O3. The zero-order valence-electron chi connectivity index (χ0n) is 12.2. The van der Waals surface area contributed by atoms with Crippen LogP contribution in [-0.4, -0.2) is 29.5 Å². The molecule has 1 aromatic rings. The maximum absolute atomic E-state index is 11.9. The van der Waals surface area contributed by atoms with Gasteiger partial charge in [0.25, 0.3) is 5.91 Å². The number of phenolic OH excluding ortho intramolecular Hbond substituents is 1. The van der Waals surface area contributed by atoms with Gasteiger partial charge >= 0.3 is 0 Å². The summed E-state index contributed by atoms with van der Waals surface area (Å²) in [6, 6.07) is 4.97. The molecule has 0 aliphatic rings. The Morgan fingerprint density at radius 2 is 2.05 bits per heavy atom. The van der Waals surface area contributed by atoms with Gasteiger partial charge in [0.15, 0.2) is 0 Å². The quantitative estimate of drug-likeness (QED) is 0.741. The van der Waals surface area contributed by atoms with E-state index in [0.29, 0.717) is 0 Å². The Hall–Kier alpha value is -2.04. The van der Waals surface area contributed by atoms with Crippen LogP contribution in [0.1, 0.15) is 42.6 Å². The molecule has 1 unspecified atom stereocenters. The Morgan fingerprint density at radius 3 is 2.70 bits per heavy atom. The van der Waals surface area contributed by atoms with Crippen LogP contribution in [0, 0.1) is 6.92 Å². The van der Waals surface area contributed by atoms with Gasteiger partial charge in [0.1, 0.15) is 5.75 Å². The Kier molecular flexibility index (Phi) is 6.03. The lowest BCUT2D eigenvalue weighted by atomic mass is 10.1. The first-order valence-corrected chi connectivity index (χ1v) is 6.81. The van der Waals surface area contributed by atoms with Crippen LogP contribution >= 0.6 is 0 Å². The third-order valence-corrected chi connectivity index (χ3v) is 3.05. The van der Waals surface area contributed by atoms with Crippen molar-refractivity contribution in [3.63, 3.8) is 0 Å². The maximum Gasteiger partial charge on any atom is 0.255 e. The minimum atomic E-state index is -0.373. The van der Waals surface area contributed by atoms with Crippen molar-refractivity contribution in [2.24, 2.45) is 0 Å². The molecule has 0 aliphatic heterocycles. The van der Waals surface area contributed by atoms with E-state index in [-0.39, 0.29) is 42.1 Å². The summed E-state index contributed by atoms with van der Waals surface area (Å²) in [4.78, 5) is 23.4. The number of carbonyl (C=O) groups is 2. The topological polar surface area (TPSA) is 78.4 Å². The van der Waals surface area contributed by atoms with Gasteiger partial charge in [0.2, 0.25) is 5.91 Å². The van der Waals surface area contributed by atoms with E-state index in [1.54, 1.807) is 12.1 Å². The molecule has 1 rings (SSSR count). The number of rotatable bonds is 6. The van der Waals surface area contributed by atoms with Crippen molar-refractivity contribution in [1.82, 2.24) is 10.6 Å². The summed E-state index contributed by atoms with van der Waals surface area (Å²) in [5.41, 5.74) is 1.12. The van der Waals surface area contributed by atoms with Crippen molar-refractivity contribution in [3.05, 3.63) is 29.3 Å². The van der Waals surface area contributed by atoms with Crippen molar-refractivity contribution in [3.8, 4) is 5.75 Å². The van der Waals surface area contributed by atoms with Gasteiger partial charge in [-0.25, -0.2) is 0 Å². The molecule has 0 aliphatic carbocycles. The number of phenols is 1.